The van der Waals surface area contributed by atoms with Crippen LogP contribution in [-0.4, -0.2) is 53.9 Å². The van der Waals surface area contributed by atoms with E-state index in [0.717, 1.165) is 37.4 Å². The highest BCUT2D eigenvalue weighted by Crippen LogP contribution is 2.18. The lowest BCUT2D eigenvalue weighted by Gasteiger charge is -2.32. The monoisotopic (exact) mass is 335 g/mol. The molecular weight excluding hydrogens is 314 g/mol. The Balaban J connectivity index is 1.60. The van der Waals surface area contributed by atoms with Crippen LogP contribution in [-0.2, 0) is 11.2 Å². The number of nitriles is 1. The number of nitrogens with one attached hydrogen (secondary N) is 1. The van der Waals surface area contributed by atoms with Crippen molar-refractivity contribution < 1.29 is 4.79 Å². The van der Waals surface area contributed by atoms with Crippen molar-refractivity contribution in [2.45, 2.75) is 6.42 Å². The molecular formula is C19H21N5O. The van der Waals surface area contributed by atoms with Gasteiger partial charge in [0.15, 0.2) is 0 Å². The summed E-state index contributed by atoms with van der Waals surface area (Å²) in [6.07, 6.45) is 2.06. The Bertz CT molecular complexity index is 773. The zero-order valence-electron chi connectivity index (χ0n) is 14.3. The van der Waals surface area contributed by atoms with Crippen LogP contribution in [0.3, 0.4) is 0 Å². The lowest BCUT2D eigenvalue weighted by Crippen LogP contribution is -2.47. The maximum absolute atomic E-state index is 12.4. The number of hydrogen-bond donors (Lipinski definition) is 1. The van der Waals surface area contributed by atoms with Gasteiger partial charge in [0.1, 0.15) is 11.9 Å². The summed E-state index contributed by atoms with van der Waals surface area (Å²) in [5.74, 6) is 0.705. The van der Waals surface area contributed by atoms with Gasteiger partial charge in [0.2, 0.25) is 5.91 Å². The highest BCUT2D eigenvalue weighted by Gasteiger charge is 2.18. The second-order valence-electron chi connectivity index (χ2n) is 6.19. The van der Waals surface area contributed by atoms with E-state index in [9.17, 15) is 4.79 Å². The zero-order valence-corrected chi connectivity index (χ0v) is 14.3. The standard InChI is InChI=1S/C19H21N5O/c1-23-9-11-24(12-10-23)18(25)13-15-4-6-17(7-5-15)22-19-16(14-20)3-2-8-21-19/h2-8H,9-13H2,1H3,(H,21,22). The van der Waals surface area contributed by atoms with E-state index in [0.29, 0.717) is 17.8 Å². The molecule has 0 bridgehead atoms. The molecule has 128 valence electrons. The van der Waals surface area contributed by atoms with Crippen LogP contribution in [0.4, 0.5) is 11.5 Å². The molecule has 0 spiro atoms. The van der Waals surface area contributed by atoms with Crippen LogP contribution >= 0.6 is 0 Å². The molecule has 1 aromatic heterocycles. The number of benzene rings is 1. The van der Waals surface area contributed by atoms with Gasteiger partial charge >= 0.3 is 0 Å². The Morgan fingerprint density at radius 2 is 1.92 bits per heavy atom. The first-order valence-corrected chi connectivity index (χ1v) is 8.33. The molecule has 1 amide bonds. The van der Waals surface area contributed by atoms with E-state index in [2.05, 4.69) is 28.3 Å². The lowest BCUT2D eigenvalue weighted by atomic mass is 10.1. The minimum atomic E-state index is 0.172. The number of carbonyl (C=O) groups excluding carboxylic acids is 1. The number of hydrogen-bond acceptors (Lipinski definition) is 5. The van der Waals surface area contributed by atoms with Crippen molar-refractivity contribution in [1.29, 1.82) is 5.26 Å². The molecule has 1 N–H and O–H groups in total. The van der Waals surface area contributed by atoms with Crippen molar-refractivity contribution in [2.75, 3.05) is 38.5 Å². The van der Waals surface area contributed by atoms with Crippen molar-refractivity contribution in [3.8, 4) is 6.07 Å². The van der Waals surface area contributed by atoms with Gasteiger partial charge < -0.3 is 15.1 Å². The van der Waals surface area contributed by atoms with Crippen molar-refractivity contribution in [2.24, 2.45) is 0 Å². The van der Waals surface area contributed by atoms with E-state index in [4.69, 9.17) is 5.26 Å². The number of likely N-dealkylation sites (N-methyl/N-ethyl adjacent to an activating group) is 1. The summed E-state index contributed by atoms with van der Waals surface area (Å²) in [7, 11) is 2.08. The molecule has 6 nitrogen and oxygen atoms in total. The highest BCUT2D eigenvalue weighted by molar-refractivity contribution is 5.79. The number of anilines is 2. The highest BCUT2D eigenvalue weighted by atomic mass is 16.2. The van der Waals surface area contributed by atoms with Crippen molar-refractivity contribution in [3.05, 3.63) is 53.7 Å². The molecule has 1 aliphatic rings. The quantitative estimate of drug-likeness (QED) is 0.925. The Morgan fingerprint density at radius 3 is 2.60 bits per heavy atom. The van der Waals surface area contributed by atoms with Crippen molar-refractivity contribution in [3.63, 3.8) is 0 Å². The Labute approximate surface area is 147 Å². The van der Waals surface area contributed by atoms with Crippen LogP contribution in [0.1, 0.15) is 11.1 Å². The normalized spacial score (nSPS) is 14.8. The lowest BCUT2D eigenvalue weighted by molar-refractivity contribution is -0.132. The molecule has 1 aromatic carbocycles. The third-order valence-electron chi connectivity index (χ3n) is 4.36. The SMILES string of the molecule is CN1CCN(C(=O)Cc2ccc(Nc3ncccc3C#N)cc2)CC1. The summed E-state index contributed by atoms with van der Waals surface area (Å²) >= 11 is 0. The second-order valence-corrected chi connectivity index (χ2v) is 6.19. The first-order valence-electron chi connectivity index (χ1n) is 8.33. The number of amides is 1. The van der Waals surface area contributed by atoms with Crippen LogP contribution in [0, 0.1) is 11.3 Å². The third-order valence-corrected chi connectivity index (χ3v) is 4.36. The maximum atomic E-state index is 12.4. The van der Waals surface area contributed by atoms with Crippen LogP contribution in [0.15, 0.2) is 42.6 Å². The average Bonchev–Trinajstić information content (AvgIpc) is 2.64. The maximum Gasteiger partial charge on any atom is 0.227 e. The van der Waals surface area contributed by atoms with Gasteiger partial charge in [-0.2, -0.15) is 5.26 Å². The summed E-state index contributed by atoms with van der Waals surface area (Å²) in [6, 6.07) is 13.2. The number of piperazine rings is 1. The molecule has 0 aliphatic carbocycles. The van der Waals surface area contributed by atoms with Gasteiger partial charge in [-0.1, -0.05) is 12.1 Å². The summed E-state index contributed by atoms with van der Waals surface area (Å²) in [5, 5.41) is 12.2. The fourth-order valence-electron chi connectivity index (χ4n) is 2.78. The van der Waals surface area contributed by atoms with Gasteiger partial charge in [-0.3, -0.25) is 4.79 Å². The van der Waals surface area contributed by atoms with Crippen LogP contribution in [0.25, 0.3) is 0 Å². The van der Waals surface area contributed by atoms with Crippen LogP contribution < -0.4 is 5.32 Å². The van der Waals surface area contributed by atoms with Gasteiger partial charge in [0.25, 0.3) is 0 Å². The van der Waals surface area contributed by atoms with E-state index in [-0.39, 0.29) is 5.91 Å². The summed E-state index contributed by atoms with van der Waals surface area (Å²) in [6.45, 7) is 3.46. The molecule has 1 saturated heterocycles. The molecule has 0 radical (unpaired) electrons. The first kappa shape index (κ1) is 16.9. The molecule has 1 aliphatic heterocycles. The molecule has 0 atom stereocenters. The number of aromatic nitrogens is 1. The Kier molecular flexibility index (Phi) is 5.26. The first-order chi connectivity index (χ1) is 12.2. The van der Waals surface area contributed by atoms with Gasteiger partial charge in [0.05, 0.1) is 12.0 Å². The second kappa shape index (κ2) is 7.77. The van der Waals surface area contributed by atoms with E-state index >= 15 is 0 Å². The van der Waals surface area contributed by atoms with E-state index in [1.807, 2.05) is 29.2 Å². The van der Waals surface area contributed by atoms with Gasteiger partial charge in [0, 0.05) is 38.1 Å². The molecule has 2 aromatic rings. The van der Waals surface area contributed by atoms with Gasteiger partial charge in [-0.05, 0) is 36.9 Å². The van der Waals surface area contributed by atoms with Crippen molar-refractivity contribution in [1.82, 2.24) is 14.8 Å². The molecule has 25 heavy (non-hydrogen) atoms. The number of pyridine rings is 1. The minimum absolute atomic E-state index is 0.172. The van der Waals surface area contributed by atoms with Crippen molar-refractivity contribution >= 4 is 17.4 Å². The van der Waals surface area contributed by atoms with E-state index in [1.165, 1.54) is 0 Å². The zero-order chi connectivity index (χ0) is 17.6. The molecule has 2 heterocycles. The van der Waals surface area contributed by atoms with Crippen LogP contribution in [0.2, 0.25) is 0 Å². The largest absolute Gasteiger partial charge is 0.340 e. The Hall–Kier alpha value is -2.91. The van der Waals surface area contributed by atoms with Gasteiger partial charge in [-0.25, -0.2) is 4.98 Å². The fourth-order valence-corrected chi connectivity index (χ4v) is 2.78. The summed E-state index contributed by atoms with van der Waals surface area (Å²) in [5.41, 5.74) is 2.32. The molecule has 0 unspecified atom stereocenters. The number of carbonyl (C=O) groups is 1. The average molecular weight is 335 g/mol. The molecule has 1 fully saturated rings. The summed E-state index contributed by atoms with van der Waals surface area (Å²) < 4.78 is 0. The van der Waals surface area contributed by atoms with E-state index < -0.39 is 0 Å². The van der Waals surface area contributed by atoms with Crippen LogP contribution in [0.5, 0.6) is 0 Å². The smallest absolute Gasteiger partial charge is 0.227 e. The van der Waals surface area contributed by atoms with E-state index in [1.54, 1.807) is 18.3 Å². The predicted octanol–water partition coefficient (Wildman–Crippen LogP) is 2.01. The molecule has 6 heteroatoms. The number of nitrogens with zero attached hydrogens (tertiary/aromatic N) is 4. The number of rotatable bonds is 4. The third kappa shape index (κ3) is 4.34. The summed E-state index contributed by atoms with van der Waals surface area (Å²) in [4.78, 5) is 20.7. The topological polar surface area (TPSA) is 72.3 Å². The predicted molar refractivity (Wildman–Crippen MR) is 96.5 cm³/mol. The van der Waals surface area contributed by atoms with Gasteiger partial charge in [-0.15, -0.1) is 0 Å². The molecule has 3 rings (SSSR count). The fraction of sp³-hybridized carbons (Fsp3) is 0.316. The minimum Gasteiger partial charge on any atom is -0.340 e. The Morgan fingerprint density at radius 1 is 1.20 bits per heavy atom. The molecule has 0 saturated carbocycles.